The zero-order valence-corrected chi connectivity index (χ0v) is 13.9. The molecule has 0 spiro atoms. The molecule has 2 aromatic rings. The van der Waals surface area contributed by atoms with Gasteiger partial charge in [0.25, 0.3) is 5.91 Å². The third-order valence-corrected chi connectivity index (χ3v) is 5.01. The standard InChI is InChI=1S/C17H18N2O3S/c1-21-13-7-3-6-12(16(13)22-2)10-18-19-17(20)15-9-11-5-4-8-14(11)23-15/h3,6-7,9-10H,4-5,8H2,1-2H3,(H,19,20)/b18-10-. The summed E-state index contributed by atoms with van der Waals surface area (Å²) in [6, 6.07) is 7.47. The summed E-state index contributed by atoms with van der Waals surface area (Å²) in [7, 11) is 3.15. The lowest BCUT2D eigenvalue weighted by atomic mass is 10.2. The smallest absolute Gasteiger partial charge is 0.281 e. The predicted molar refractivity (Wildman–Crippen MR) is 91.0 cm³/mol. The number of para-hydroxylation sites is 1. The number of carbonyl (C=O) groups is 1. The van der Waals surface area contributed by atoms with Crippen LogP contribution in [0, 0.1) is 0 Å². The first-order valence-corrected chi connectivity index (χ1v) is 8.20. The molecule has 6 heteroatoms. The Bertz CT molecular complexity index is 731. The maximum Gasteiger partial charge on any atom is 0.281 e. The van der Waals surface area contributed by atoms with E-state index in [1.54, 1.807) is 31.8 Å². The van der Waals surface area contributed by atoms with Crippen LogP contribution in [0.4, 0.5) is 0 Å². The van der Waals surface area contributed by atoms with Crippen molar-refractivity contribution in [3.63, 3.8) is 0 Å². The van der Waals surface area contributed by atoms with Crippen molar-refractivity contribution in [1.29, 1.82) is 0 Å². The zero-order valence-electron chi connectivity index (χ0n) is 13.1. The van der Waals surface area contributed by atoms with E-state index in [4.69, 9.17) is 9.47 Å². The van der Waals surface area contributed by atoms with E-state index < -0.39 is 0 Å². The molecule has 0 radical (unpaired) electrons. The van der Waals surface area contributed by atoms with Crippen LogP contribution >= 0.6 is 11.3 Å². The summed E-state index contributed by atoms with van der Waals surface area (Å²) in [5.41, 5.74) is 4.61. The Labute approximate surface area is 138 Å². The highest BCUT2D eigenvalue weighted by Gasteiger charge is 2.18. The van der Waals surface area contributed by atoms with Gasteiger partial charge in [-0.1, -0.05) is 6.07 Å². The predicted octanol–water partition coefficient (Wildman–Crippen LogP) is 3.02. The minimum absolute atomic E-state index is 0.178. The van der Waals surface area contributed by atoms with Crippen LogP contribution in [0.25, 0.3) is 0 Å². The van der Waals surface area contributed by atoms with Crippen molar-refractivity contribution in [2.75, 3.05) is 14.2 Å². The Morgan fingerprint density at radius 2 is 2.17 bits per heavy atom. The van der Waals surface area contributed by atoms with Gasteiger partial charge < -0.3 is 9.47 Å². The molecule has 3 rings (SSSR count). The van der Waals surface area contributed by atoms with Gasteiger partial charge in [0, 0.05) is 10.4 Å². The molecule has 0 fully saturated rings. The van der Waals surface area contributed by atoms with E-state index >= 15 is 0 Å². The summed E-state index contributed by atoms with van der Waals surface area (Å²) in [6.45, 7) is 0. The van der Waals surface area contributed by atoms with Crippen LogP contribution < -0.4 is 14.9 Å². The molecule has 0 aliphatic heterocycles. The molecule has 0 saturated carbocycles. The SMILES string of the molecule is COc1cccc(/C=N\NC(=O)c2cc3c(s2)CCC3)c1OC. The van der Waals surface area contributed by atoms with Crippen LogP contribution in [-0.4, -0.2) is 26.3 Å². The van der Waals surface area contributed by atoms with Crippen molar-refractivity contribution in [1.82, 2.24) is 5.43 Å². The van der Waals surface area contributed by atoms with Crippen LogP contribution in [0.3, 0.4) is 0 Å². The molecule has 0 saturated heterocycles. The van der Waals surface area contributed by atoms with Gasteiger partial charge in [0.1, 0.15) is 0 Å². The van der Waals surface area contributed by atoms with E-state index in [1.165, 1.54) is 16.9 Å². The zero-order chi connectivity index (χ0) is 16.2. The van der Waals surface area contributed by atoms with Crippen molar-refractivity contribution in [3.05, 3.63) is 45.1 Å². The molecule has 0 unspecified atom stereocenters. The molecule has 1 aromatic heterocycles. The number of fused-ring (bicyclic) bond motifs is 1. The molecule has 1 N–H and O–H groups in total. The second-order valence-electron chi connectivity index (χ2n) is 5.19. The summed E-state index contributed by atoms with van der Waals surface area (Å²) in [5, 5.41) is 4.03. The molecule has 0 atom stereocenters. The highest BCUT2D eigenvalue weighted by molar-refractivity contribution is 7.14. The highest BCUT2D eigenvalue weighted by Crippen LogP contribution is 2.31. The summed E-state index contributed by atoms with van der Waals surface area (Å²) >= 11 is 1.56. The molecular formula is C17H18N2O3S. The molecular weight excluding hydrogens is 312 g/mol. The van der Waals surface area contributed by atoms with Crippen LogP contribution in [0.2, 0.25) is 0 Å². The highest BCUT2D eigenvalue weighted by atomic mass is 32.1. The topological polar surface area (TPSA) is 59.9 Å². The lowest BCUT2D eigenvalue weighted by molar-refractivity contribution is 0.0959. The second-order valence-corrected chi connectivity index (χ2v) is 6.33. The number of thiophene rings is 1. The monoisotopic (exact) mass is 330 g/mol. The van der Waals surface area contributed by atoms with Crippen molar-refractivity contribution in [2.45, 2.75) is 19.3 Å². The van der Waals surface area contributed by atoms with E-state index in [0.29, 0.717) is 16.4 Å². The number of aryl methyl sites for hydroxylation is 2. The average molecular weight is 330 g/mol. The number of benzene rings is 1. The normalized spacial score (nSPS) is 13.1. The van der Waals surface area contributed by atoms with Crippen molar-refractivity contribution in [3.8, 4) is 11.5 Å². The van der Waals surface area contributed by atoms with E-state index in [9.17, 15) is 4.79 Å². The molecule has 1 heterocycles. The van der Waals surface area contributed by atoms with Gasteiger partial charge in [-0.2, -0.15) is 5.10 Å². The summed E-state index contributed by atoms with van der Waals surface area (Å²) in [5.74, 6) is 1.03. The summed E-state index contributed by atoms with van der Waals surface area (Å²) in [6.07, 6.45) is 4.90. The fourth-order valence-electron chi connectivity index (χ4n) is 2.67. The molecule has 1 aliphatic carbocycles. The van der Waals surface area contributed by atoms with Crippen molar-refractivity contribution < 1.29 is 14.3 Å². The van der Waals surface area contributed by atoms with Crippen LogP contribution in [-0.2, 0) is 12.8 Å². The summed E-state index contributed by atoms with van der Waals surface area (Å²) < 4.78 is 10.6. The van der Waals surface area contributed by atoms with Crippen LogP contribution in [0.15, 0.2) is 29.4 Å². The Morgan fingerprint density at radius 1 is 1.30 bits per heavy atom. The molecule has 1 aliphatic rings. The minimum Gasteiger partial charge on any atom is -0.493 e. The number of amides is 1. The third kappa shape index (κ3) is 3.22. The number of hydrazone groups is 1. The van der Waals surface area contributed by atoms with Crippen LogP contribution in [0.1, 0.15) is 32.1 Å². The number of hydrogen-bond acceptors (Lipinski definition) is 5. The van der Waals surface area contributed by atoms with E-state index in [0.717, 1.165) is 18.4 Å². The van der Waals surface area contributed by atoms with Gasteiger partial charge in [-0.05, 0) is 43.0 Å². The van der Waals surface area contributed by atoms with Gasteiger partial charge in [-0.25, -0.2) is 5.43 Å². The number of nitrogens with one attached hydrogen (secondary N) is 1. The molecule has 23 heavy (non-hydrogen) atoms. The molecule has 120 valence electrons. The Kier molecular flexibility index (Phi) is 4.62. The lowest BCUT2D eigenvalue weighted by Gasteiger charge is -2.09. The maximum atomic E-state index is 12.1. The summed E-state index contributed by atoms with van der Waals surface area (Å²) in [4.78, 5) is 14.2. The maximum absolute atomic E-state index is 12.1. The molecule has 1 amide bonds. The number of nitrogens with zero attached hydrogens (tertiary/aromatic N) is 1. The van der Waals surface area contributed by atoms with Crippen LogP contribution in [0.5, 0.6) is 11.5 Å². The fourth-order valence-corrected chi connectivity index (χ4v) is 3.81. The van der Waals surface area contributed by atoms with Gasteiger partial charge in [-0.15, -0.1) is 11.3 Å². The van der Waals surface area contributed by atoms with Gasteiger partial charge >= 0.3 is 0 Å². The number of methoxy groups -OCH3 is 2. The van der Waals surface area contributed by atoms with Gasteiger partial charge in [0.15, 0.2) is 11.5 Å². The third-order valence-electron chi connectivity index (χ3n) is 3.77. The number of ether oxygens (including phenoxy) is 2. The lowest BCUT2D eigenvalue weighted by Crippen LogP contribution is -2.16. The number of rotatable bonds is 5. The minimum atomic E-state index is -0.178. The number of hydrogen-bond donors (Lipinski definition) is 1. The molecule has 5 nitrogen and oxygen atoms in total. The van der Waals surface area contributed by atoms with Crippen molar-refractivity contribution >= 4 is 23.5 Å². The largest absolute Gasteiger partial charge is 0.493 e. The van der Waals surface area contributed by atoms with Gasteiger partial charge in [0.2, 0.25) is 0 Å². The first-order valence-electron chi connectivity index (χ1n) is 7.39. The average Bonchev–Trinajstić information content (AvgIpc) is 3.16. The Hall–Kier alpha value is -2.34. The first-order chi connectivity index (χ1) is 11.2. The second kappa shape index (κ2) is 6.83. The van der Waals surface area contributed by atoms with Gasteiger partial charge in [0.05, 0.1) is 25.3 Å². The first kappa shape index (κ1) is 15.6. The molecule has 0 bridgehead atoms. The fraction of sp³-hybridized carbons (Fsp3) is 0.294. The quantitative estimate of drug-likeness (QED) is 0.677. The Morgan fingerprint density at radius 3 is 2.91 bits per heavy atom. The van der Waals surface area contributed by atoms with Gasteiger partial charge in [-0.3, -0.25) is 4.79 Å². The molecule has 1 aromatic carbocycles. The van der Waals surface area contributed by atoms with E-state index in [1.807, 2.05) is 24.3 Å². The number of carbonyl (C=O) groups excluding carboxylic acids is 1. The van der Waals surface area contributed by atoms with E-state index in [-0.39, 0.29) is 5.91 Å². The Balaban J connectivity index is 1.70. The van der Waals surface area contributed by atoms with E-state index in [2.05, 4.69) is 10.5 Å². The van der Waals surface area contributed by atoms with Crippen molar-refractivity contribution in [2.24, 2.45) is 5.10 Å².